The van der Waals surface area contributed by atoms with Gasteiger partial charge in [-0.1, -0.05) is 6.92 Å². The fourth-order valence-electron chi connectivity index (χ4n) is 1.20. The quantitative estimate of drug-likeness (QED) is 0.729. The third-order valence-corrected chi connectivity index (χ3v) is 1.93. The fourth-order valence-corrected chi connectivity index (χ4v) is 1.20. The molecule has 0 spiro atoms. The highest BCUT2D eigenvalue weighted by Gasteiger charge is 2.31. The van der Waals surface area contributed by atoms with Gasteiger partial charge < -0.3 is 4.74 Å². The molecule has 1 aromatic rings. The summed E-state index contributed by atoms with van der Waals surface area (Å²) >= 11 is 0. The first-order valence-electron chi connectivity index (χ1n) is 4.49. The van der Waals surface area contributed by atoms with Crippen molar-refractivity contribution in [3.8, 4) is 5.75 Å². The van der Waals surface area contributed by atoms with Crippen molar-refractivity contribution in [3.63, 3.8) is 0 Å². The van der Waals surface area contributed by atoms with Crippen LogP contribution in [0.25, 0.3) is 0 Å². The number of rotatable bonds is 3. The maximum atomic E-state index is 12.4. The molecule has 0 fully saturated rings. The molecule has 0 heterocycles. The van der Waals surface area contributed by atoms with Crippen molar-refractivity contribution in [2.45, 2.75) is 26.1 Å². The lowest BCUT2D eigenvalue weighted by Gasteiger charge is -2.11. The highest BCUT2D eigenvalue weighted by molar-refractivity contribution is 5.36. The Labute approximate surface area is 88.8 Å². The first kappa shape index (κ1) is 12.7. The van der Waals surface area contributed by atoms with E-state index < -0.39 is 24.1 Å². The van der Waals surface area contributed by atoms with Crippen LogP contribution < -0.4 is 4.74 Å². The Balaban J connectivity index is 3.11. The number of alkyl halides is 5. The predicted molar refractivity (Wildman–Crippen MR) is 47.5 cm³/mol. The van der Waals surface area contributed by atoms with E-state index in [1.165, 1.54) is 6.07 Å². The molecule has 0 aromatic heterocycles. The van der Waals surface area contributed by atoms with Gasteiger partial charge in [0.2, 0.25) is 0 Å². The third kappa shape index (κ3) is 3.36. The zero-order valence-corrected chi connectivity index (χ0v) is 8.31. The van der Waals surface area contributed by atoms with Crippen LogP contribution in [0.2, 0.25) is 0 Å². The van der Waals surface area contributed by atoms with Gasteiger partial charge in [-0.25, -0.2) is 0 Å². The third-order valence-electron chi connectivity index (χ3n) is 1.93. The zero-order valence-electron chi connectivity index (χ0n) is 8.31. The van der Waals surface area contributed by atoms with Gasteiger partial charge in [-0.05, 0) is 30.2 Å². The van der Waals surface area contributed by atoms with Gasteiger partial charge in [0, 0.05) is 0 Å². The summed E-state index contributed by atoms with van der Waals surface area (Å²) in [5.41, 5.74) is -0.687. The summed E-state index contributed by atoms with van der Waals surface area (Å²) < 4.78 is 64.9. The molecule has 0 bridgehead atoms. The SMILES string of the molecule is CCc1cc(OC(F)F)cc(C(F)(F)F)c1. The molecule has 0 saturated heterocycles. The fraction of sp³-hybridized carbons (Fsp3) is 0.400. The number of benzene rings is 1. The molecule has 0 atom stereocenters. The second kappa shape index (κ2) is 4.67. The van der Waals surface area contributed by atoms with Gasteiger partial charge in [0.05, 0.1) is 5.56 Å². The molecule has 16 heavy (non-hydrogen) atoms. The van der Waals surface area contributed by atoms with E-state index in [0.717, 1.165) is 6.07 Å². The van der Waals surface area contributed by atoms with Gasteiger partial charge in [0.25, 0.3) is 0 Å². The van der Waals surface area contributed by atoms with Crippen LogP contribution in [0.5, 0.6) is 5.75 Å². The molecule has 0 aliphatic carbocycles. The molecule has 1 rings (SSSR count). The maximum Gasteiger partial charge on any atom is 0.416 e. The van der Waals surface area contributed by atoms with Crippen molar-refractivity contribution in [2.75, 3.05) is 0 Å². The molecule has 90 valence electrons. The van der Waals surface area contributed by atoms with E-state index in [2.05, 4.69) is 4.74 Å². The largest absolute Gasteiger partial charge is 0.435 e. The average molecular weight is 240 g/mol. The summed E-state index contributed by atoms with van der Waals surface area (Å²) in [5, 5.41) is 0. The van der Waals surface area contributed by atoms with Crippen LogP contribution in [0.15, 0.2) is 18.2 Å². The second-order valence-electron chi connectivity index (χ2n) is 3.10. The van der Waals surface area contributed by atoms with Gasteiger partial charge in [-0.15, -0.1) is 0 Å². The van der Waals surface area contributed by atoms with Gasteiger partial charge >= 0.3 is 12.8 Å². The summed E-state index contributed by atoms with van der Waals surface area (Å²) in [6.07, 6.45) is -4.26. The van der Waals surface area contributed by atoms with Crippen LogP contribution in [-0.2, 0) is 12.6 Å². The van der Waals surface area contributed by atoms with Gasteiger partial charge in [0.1, 0.15) is 5.75 Å². The number of hydrogen-bond donors (Lipinski definition) is 0. The Morgan fingerprint density at radius 1 is 1.19 bits per heavy atom. The van der Waals surface area contributed by atoms with Crippen molar-refractivity contribution in [1.29, 1.82) is 0 Å². The molecule has 0 radical (unpaired) electrons. The lowest BCUT2D eigenvalue weighted by atomic mass is 10.1. The second-order valence-corrected chi connectivity index (χ2v) is 3.10. The van der Waals surface area contributed by atoms with E-state index in [1.807, 2.05) is 0 Å². The van der Waals surface area contributed by atoms with E-state index in [0.29, 0.717) is 18.1 Å². The van der Waals surface area contributed by atoms with Crippen molar-refractivity contribution in [2.24, 2.45) is 0 Å². The summed E-state index contributed by atoms with van der Waals surface area (Å²) in [4.78, 5) is 0. The summed E-state index contributed by atoms with van der Waals surface area (Å²) in [6.45, 7) is -1.50. The maximum absolute atomic E-state index is 12.4. The van der Waals surface area contributed by atoms with Crippen molar-refractivity contribution in [3.05, 3.63) is 29.3 Å². The summed E-state index contributed by atoms with van der Waals surface area (Å²) in [6, 6.07) is 2.64. The van der Waals surface area contributed by atoms with Gasteiger partial charge in [-0.2, -0.15) is 22.0 Å². The van der Waals surface area contributed by atoms with Crippen LogP contribution in [0, 0.1) is 0 Å². The molecule has 6 heteroatoms. The monoisotopic (exact) mass is 240 g/mol. The standard InChI is InChI=1S/C10H9F5O/c1-2-6-3-7(10(13,14)15)5-8(4-6)16-9(11)12/h3-5,9H,2H2,1H3. The van der Waals surface area contributed by atoms with Gasteiger partial charge in [-0.3, -0.25) is 0 Å². The minimum atomic E-state index is -4.56. The molecular weight excluding hydrogens is 231 g/mol. The van der Waals surface area contributed by atoms with Crippen molar-refractivity contribution < 1.29 is 26.7 Å². The zero-order chi connectivity index (χ0) is 12.3. The number of hydrogen-bond acceptors (Lipinski definition) is 1. The average Bonchev–Trinajstić information content (AvgIpc) is 2.14. The van der Waals surface area contributed by atoms with Crippen LogP contribution in [0.1, 0.15) is 18.1 Å². The van der Waals surface area contributed by atoms with Gasteiger partial charge in [0.15, 0.2) is 0 Å². The predicted octanol–water partition coefficient (Wildman–Crippen LogP) is 3.87. The Hall–Kier alpha value is -1.33. The van der Waals surface area contributed by atoms with E-state index in [-0.39, 0.29) is 0 Å². The van der Waals surface area contributed by atoms with E-state index in [9.17, 15) is 22.0 Å². The molecule has 1 aromatic carbocycles. The molecule has 0 unspecified atom stereocenters. The summed E-state index contributed by atoms with van der Waals surface area (Å²) in [5.74, 6) is -0.471. The first-order valence-corrected chi connectivity index (χ1v) is 4.49. The van der Waals surface area contributed by atoms with E-state index in [4.69, 9.17) is 0 Å². The molecule has 0 saturated carbocycles. The lowest BCUT2D eigenvalue weighted by Crippen LogP contribution is -2.08. The number of halogens is 5. The molecule has 0 aliphatic heterocycles. The Bertz CT molecular complexity index is 359. The van der Waals surface area contributed by atoms with Crippen LogP contribution in [0.4, 0.5) is 22.0 Å². The minimum absolute atomic E-state index is 0.297. The summed E-state index contributed by atoms with van der Waals surface area (Å²) in [7, 11) is 0. The van der Waals surface area contributed by atoms with Crippen LogP contribution in [0.3, 0.4) is 0 Å². The highest BCUT2D eigenvalue weighted by Crippen LogP contribution is 2.33. The molecule has 0 amide bonds. The normalized spacial score (nSPS) is 11.9. The van der Waals surface area contributed by atoms with Crippen LogP contribution in [-0.4, -0.2) is 6.61 Å². The lowest BCUT2D eigenvalue weighted by molar-refractivity contribution is -0.138. The van der Waals surface area contributed by atoms with E-state index >= 15 is 0 Å². The smallest absolute Gasteiger partial charge is 0.416 e. The van der Waals surface area contributed by atoms with Crippen molar-refractivity contribution in [1.82, 2.24) is 0 Å². The molecule has 0 aliphatic rings. The first-order chi connectivity index (χ1) is 7.32. The van der Waals surface area contributed by atoms with E-state index in [1.54, 1.807) is 6.92 Å². The Kier molecular flexibility index (Phi) is 3.72. The Morgan fingerprint density at radius 3 is 2.25 bits per heavy atom. The Morgan fingerprint density at radius 2 is 1.81 bits per heavy atom. The molecule has 0 N–H and O–H groups in total. The minimum Gasteiger partial charge on any atom is -0.435 e. The highest BCUT2D eigenvalue weighted by atomic mass is 19.4. The van der Waals surface area contributed by atoms with Crippen LogP contribution >= 0.6 is 0 Å². The van der Waals surface area contributed by atoms with Crippen molar-refractivity contribution >= 4 is 0 Å². The number of aryl methyl sites for hydroxylation is 1. The molecular formula is C10H9F5O. The molecule has 1 nitrogen and oxygen atoms in total. The number of ether oxygens (including phenoxy) is 1. The topological polar surface area (TPSA) is 9.23 Å².